The average Bonchev–Trinajstić information content (AvgIpc) is 3.42. The minimum atomic E-state index is 0. The van der Waals surface area contributed by atoms with Gasteiger partial charge >= 0.3 is 0 Å². The molecule has 4 aliphatic carbocycles. The Kier molecular flexibility index (Phi) is 7.90. The highest BCUT2D eigenvalue weighted by Gasteiger charge is 2.66. The summed E-state index contributed by atoms with van der Waals surface area (Å²) in [4.78, 5) is 5.65. The summed E-state index contributed by atoms with van der Waals surface area (Å²) >= 11 is 0. The minimum absolute atomic E-state index is 0. The fourth-order valence-electron chi connectivity index (χ4n) is 9.83. The van der Waals surface area contributed by atoms with Crippen molar-refractivity contribution in [2.75, 3.05) is 64.1 Å². The molecule has 2 heterocycles. The topological polar surface area (TPSA) is 24.9 Å². The van der Waals surface area contributed by atoms with Gasteiger partial charge in [0.1, 0.15) is 0 Å². The van der Waals surface area contributed by atoms with Crippen molar-refractivity contribution in [2.45, 2.75) is 78.3 Å². The number of rotatable bonds is 7. The Morgan fingerprint density at radius 1 is 0.657 bits per heavy atom. The van der Waals surface area contributed by atoms with Gasteiger partial charge in [-0.1, -0.05) is 49.3 Å². The lowest BCUT2D eigenvalue weighted by Crippen LogP contribution is -2.54. The molecule has 202 valence electrons. The van der Waals surface area contributed by atoms with Crippen molar-refractivity contribution in [1.29, 1.82) is 0 Å². The molecule has 2 aliphatic heterocycles. The molecule has 6 unspecified atom stereocenters. The lowest BCUT2D eigenvalue weighted by atomic mass is 9.68. The maximum atomic E-state index is 5.72. The van der Waals surface area contributed by atoms with Gasteiger partial charge in [-0.3, -0.25) is 9.80 Å². The molecular formula is C28H49ClN2O2S2. The number of ether oxygens (including phenoxy) is 2. The van der Waals surface area contributed by atoms with Crippen LogP contribution in [0.5, 0.6) is 0 Å². The van der Waals surface area contributed by atoms with Crippen molar-refractivity contribution in [3.8, 4) is 0 Å². The van der Waals surface area contributed by atoms with Crippen molar-refractivity contribution >= 4 is 34.0 Å². The van der Waals surface area contributed by atoms with Crippen LogP contribution >= 0.6 is 34.0 Å². The molecule has 0 N–H and O–H groups in total. The van der Waals surface area contributed by atoms with E-state index in [-0.39, 0.29) is 12.4 Å². The molecule has 2 saturated heterocycles. The van der Waals surface area contributed by atoms with Crippen LogP contribution in [-0.2, 0) is 9.47 Å². The first kappa shape index (κ1) is 27.4. The zero-order valence-corrected chi connectivity index (χ0v) is 25.0. The number of halogens is 1. The standard InChI is InChI=1S/C28H48N2O2S2.ClH/c1-25(2)21-5-7-27(25,23(17-21)29-9-13-31-14-10-29)19-33-34-20-28-8-6-22(26(28,3)4)18-24(28)30-11-15-32-16-12-30;/h21-24H,5-20H2,1-4H3;1H. The normalized spacial score (nSPS) is 44.6. The average molecular weight is 545 g/mol. The Hall–Kier alpha value is 0.830. The SMILES string of the molecule is CC1(C)C2CCC1(CSSCC13CCC(CC1N1CCOCC1)C3(C)C)C(N1CCOCC1)C2.Cl. The molecule has 0 spiro atoms. The smallest absolute Gasteiger partial charge is 0.0594 e. The molecule has 6 aliphatic rings. The number of hydrogen-bond acceptors (Lipinski definition) is 6. The third kappa shape index (κ3) is 4.09. The van der Waals surface area contributed by atoms with Crippen LogP contribution in [-0.4, -0.2) is 86.0 Å². The van der Waals surface area contributed by atoms with E-state index in [1.807, 2.05) is 0 Å². The van der Waals surface area contributed by atoms with Gasteiger partial charge in [-0.2, -0.15) is 0 Å². The molecule has 6 rings (SSSR count). The van der Waals surface area contributed by atoms with Gasteiger partial charge in [-0.25, -0.2) is 0 Å². The summed E-state index contributed by atoms with van der Waals surface area (Å²) in [6.07, 6.45) is 8.64. The van der Waals surface area contributed by atoms with E-state index >= 15 is 0 Å². The highest BCUT2D eigenvalue weighted by atomic mass is 35.5. The van der Waals surface area contributed by atoms with E-state index in [4.69, 9.17) is 9.47 Å². The molecule has 4 bridgehead atoms. The van der Waals surface area contributed by atoms with Gasteiger partial charge in [-0.05, 0) is 61.2 Å². The second kappa shape index (κ2) is 10.1. The van der Waals surface area contributed by atoms with Crippen molar-refractivity contribution in [3.63, 3.8) is 0 Å². The van der Waals surface area contributed by atoms with Crippen LogP contribution in [0.1, 0.15) is 66.2 Å². The quantitative estimate of drug-likeness (QED) is 0.295. The molecule has 0 aromatic heterocycles. The van der Waals surface area contributed by atoms with Gasteiger partial charge in [0.2, 0.25) is 0 Å². The molecule has 0 radical (unpaired) electrons. The number of hydrogen-bond donors (Lipinski definition) is 0. The Bertz CT molecular complexity index is 695. The van der Waals surface area contributed by atoms with Gasteiger partial charge in [0, 0.05) is 60.6 Å². The fourth-order valence-corrected chi connectivity index (χ4v) is 13.6. The lowest BCUT2D eigenvalue weighted by molar-refractivity contribution is -0.0253. The van der Waals surface area contributed by atoms with Crippen LogP contribution in [0.15, 0.2) is 0 Å². The van der Waals surface area contributed by atoms with Crippen molar-refractivity contribution in [3.05, 3.63) is 0 Å². The monoisotopic (exact) mass is 544 g/mol. The second-order valence-corrected chi connectivity index (χ2v) is 16.0. The van der Waals surface area contributed by atoms with Crippen molar-refractivity contribution in [1.82, 2.24) is 9.80 Å². The zero-order valence-electron chi connectivity index (χ0n) is 22.6. The van der Waals surface area contributed by atoms with Crippen LogP contribution < -0.4 is 0 Å². The summed E-state index contributed by atoms with van der Waals surface area (Å²) in [5, 5.41) is 0. The molecule has 6 fully saturated rings. The van der Waals surface area contributed by atoms with E-state index in [2.05, 4.69) is 59.1 Å². The van der Waals surface area contributed by atoms with E-state index in [0.717, 1.165) is 76.5 Å². The highest BCUT2D eigenvalue weighted by molar-refractivity contribution is 8.76. The zero-order chi connectivity index (χ0) is 23.6. The first-order valence-electron chi connectivity index (χ1n) is 14.2. The molecule has 4 nitrogen and oxygen atoms in total. The van der Waals surface area contributed by atoms with E-state index in [1.165, 1.54) is 50.0 Å². The molecular weight excluding hydrogens is 496 g/mol. The Labute approximate surface area is 228 Å². The van der Waals surface area contributed by atoms with Gasteiger partial charge in [0.25, 0.3) is 0 Å². The third-order valence-electron chi connectivity index (χ3n) is 12.5. The Morgan fingerprint density at radius 3 is 1.37 bits per heavy atom. The Morgan fingerprint density at radius 2 is 1.03 bits per heavy atom. The van der Waals surface area contributed by atoms with Crippen molar-refractivity contribution < 1.29 is 9.47 Å². The fraction of sp³-hybridized carbons (Fsp3) is 1.00. The molecule has 0 amide bonds. The molecule has 0 aromatic rings. The maximum Gasteiger partial charge on any atom is 0.0594 e. The first-order valence-corrected chi connectivity index (χ1v) is 16.7. The van der Waals surface area contributed by atoms with E-state index in [1.54, 1.807) is 0 Å². The first-order chi connectivity index (χ1) is 16.3. The molecule has 6 atom stereocenters. The Balaban J connectivity index is 0.00000253. The second-order valence-electron chi connectivity index (χ2n) is 13.6. The number of nitrogens with zero attached hydrogens (tertiary/aromatic N) is 2. The van der Waals surface area contributed by atoms with Crippen LogP contribution in [0.4, 0.5) is 0 Å². The predicted molar refractivity (Wildman–Crippen MR) is 152 cm³/mol. The van der Waals surface area contributed by atoms with Gasteiger partial charge < -0.3 is 9.47 Å². The summed E-state index contributed by atoms with van der Waals surface area (Å²) in [6, 6.07) is 1.55. The maximum absolute atomic E-state index is 5.72. The summed E-state index contributed by atoms with van der Waals surface area (Å²) < 4.78 is 11.4. The third-order valence-corrected chi connectivity index (χ3v) is 15.1. The largest absolute Gasteiger partial charge is 0.379 e. The number of morpholine rings is 2. The summed E-state index contributed by atoms with van der Waals surface area (Å²) in [7, 11) is 4.51. The lowest BCUT2D eigenvalue weighted by Gasteiger charge is -2.49. The number of fused-ring (bicyclic) bond motifs is 4. The molecule has 0 aromatic carbocycles. The molecule has 4 saturated carbocycles. The molecule has 7 heteroatoms. The van der Waals surface area contributed by atoms with Gasteiger partial charge in [0.05, 0.1) is 26.4 Å². The molecule has 35 heavy (non-hydrogen) atoms. The van der Waals surface area contributed by atoms with Crippen LogP contribution in [0, 0.1) is 33.5 Å². The van der Waals surface area contributed by atoms with Crippen LogP contribution in [0.25, 0.3) is 0 Å². The predicted octanol–water partition coefficient (Wildman–Crippen LogP) is 5.84. The minimum Gasteiger partial charge on any atom is -0.379 e. The van der Waals surface area contributed by atoms with Crippen molar-refractivity contribution in [2.24, 2.45) is 33.5 Å². The van der Waals surface area contributed by atoms with Crippen LogP contribution in [0.3, 0.4) is 0 Å². The summed E-state index contributed by atoms with van der Waals surface area (Å²) in [5.41, 5.74) is 1.92. The van der Waals surface area contributed by atoms with Gasteiger partial charge in [-0.15, -0.1) is 12.4 Å². The van der Waals surface area contributed by atoms with E-state index in [0.29, 0.717) is 21.7 Å². The highest BCUT2D eigenvalue weighted by Crippen LogP contribution is 2.70. The summed E-state index contributed by atoms with van der Waals surface area (Å²) in [5.74, 6) is 4.51. The van der Waals surface area contributed by atoms with E-state index < -0.39 is 0 Å². The summed E-state index contributed by atoms with van der Waals surface area (Å²) in [6.45, 7) is 18.8. The van der Waals surface area contributed by atoms with Crippen LogP contribution in [0.2, 0.25) is 0 Å². The van der Waals surface area contributed by atoms with E-state index in [9.17, 15) is 0 Å². The van der Waals surface area contributed by atoms with Gasteiger partial charge in [0.15, 0.2) is 0 Å².